The topological polar surface area (TPSA) is 97.6 Å². The number of carbonyl (C=O) groups excluding carboxylic acids is 2. The lowest BCUT2D eigenvalue weighted by Gasteiger charge is -2.72. The molecule has 7 heteroatoms. The van der Waals surface area contributed by atoms with Gasteiger partial charge in [0.15, 0.2) is 0 Å². The molecule has 0 heterocycles. The van der Waals surface area contributed by atoms with Crippen LogP contribution in [0.25, 0.3) is 0 Å². The summed E-state index contributed by atoms with van der Waals surface area (Å²) in [6.07, 6.45) is 12.6. The number of oxime groups is 2. The molecule has 0 aromatic rings. The van der Waals surface area contributed by atoms with Gasteiger partial charge in [-0.25, -0.2) is 4.79 Å². The van der Waals surface area contributed by atoms with E-state index in [0.717, 1.165) is 57.1 Å². The zero-order valence-electron chi connectivity index (χ0n) is 26.4. The number of allylic oxidation sites excluding steroid dienone is 1. The highest BCUT2D eigenvalue weighted by Gasteiger charge is 2.71. The zero-order chi connectivity index (χ0) is 30.0. The number of esters is 1. The maximum atomic E-state index is 12.0. The Balaban J connectivity index is 1.53. The standard InChI is InChI=1S/C34H52N2O5/c1-21(2)24-11-16-34(19-35-39)18-17-32(7)25(29(24)34)9-10-27-30(5)14-13-28(36-41-23(4)38)31(6,20-40-22(3)37)26(30)12-15-33(27,32)8/h19,24-27,29,39H,1,9-18,20H2,2-8H3/b35-19+,36-28?/t24-,25+,26+,27+,29+,30-,31+,32+,33+,34+/m0/s1. The predicted octanol–water partition coefficient (Wildman–Crippen LogP) is 7.57. The maximum absolute atomic E-state index is 12.0. The van der Waals surface area contributed by atoms with Gasteiger partial charge in [0.25, 0.3) is 0 Å². The predicted molar refractivity (Wildman–Crippen MR) is 159 cm³/mol. The molecule has 0 aromatic carbocycles. The van der Waals surface area contributed by atoms with Crippen LogP contribution >= 0.6 is 0 Å². The van der Waals surface area contributed by atoms with E-state index in [0.29, 0.717) is 23.7 Å². The lowest BCUT2D eigenvalue weighted by molar-refractivity contribution is -0.225. The lowest BCUT2D eigenvalue weighted by Crippen LogP contribution is -2.67. The largest absolute Gasteiger partial charge is 0.465 e. The quantitative estimate of drug-likeness (QED) is 0.0921. The van der Waals surface area contributed by atoms with Crippen molar-refractivity contribution in [2.75, 3.05) is 6.61 Å². The van der Waals surface area contributed by atoms with Gasteiger partial charge >= 0.3 is 11.9 Å². The van der Waals surface area contributed by atoms with Crippen molar-refractivity contribution in [2.24, 2.45) is 67.0 Å². The summed E-state index contributed by atoms with van der Waals surface area (Å²) in [4.78, 5) is 28.8. The van der Waals surface area contributed by atoms with Crippen molar-refractivity contribution in [1.29, 1.82) is 0 Å². The molecule has 0 aromatic heterocycles. The second-order valence-electron chi connectivity index (χ2n) is 15.5. The lowest BCUT2D eigenvalue weighted by atomic mass is 9.32. The molecule has 0 spiro atoms. The van der Waals surface area contributed by atoms with Crippen molar-refractivity contribution in [1.82, 2.24) is 0 Å². The first kappa shape index (κ1) is 30.3. The first-order valence-corrected chi connectivity index (χ1v) is 15.9. The normalized spacial score (nSPS) is 48.1. The summed E-state index contributed by atoms with van der Waals surface area (Å²) in [5.74, 6) is 1.60. The number of rotatable bonds is 5. The van der Waals surface area contributed by atoms with E-state index < -0.39 is 11.4 Å². The Labute approximate surface area is 246 Å². The van der Waals surface area contributed by atoms with Gasteiger partial charge in [0, 0.05) is 24.7 Å². The molecule has 5 aliphatic rings. The second kappa shape index (κ2) is 10.2. The van der Waals surface area contributed by atoms with E-state index in [1.807, 2.05) is 6.21 Å². The van der Waals surface area contributed by atoms with Crippen molar-refractivity contribution < 1.29 is 24.4 Å². The van der Waals surface area contributed by atoms with E-state index in [1.54, 1.807) is 0 Å². The summed E-state index contributed by atoms with van der Waals surface area (Å²) in [7, 11) is 0. The van der Waals surface area contributed by atoms with Gasteiger partial charge in [-0.05, 0) is 117 Å². The molecule has 0 bridgehead atoms. The van der Waals surface area contributed by atoms with Crippen LogP contribution in [-0.2, 0) is 19.2 Å². The van der Waals surface area contributed by atoms with E-state index >= 15 is 0 Å². The molecule has 0 unspecified atom stereocenters. The van der Waals surface area contributed by atoms with Crippen LogP contribution in [0.3, 0.4) is 0 Å². The molecule has 0 amide bonds. The summed E-state index contributed by atoms with van der Waals surface area (Å²) in [5.41, 5.74) is 2.02. The summed E-state index contributed by atoms with van der Waals surface area (Å²) >= 11 is 0. The average molecular weight is 569 g/mol. The van der Waals surface area contributed by atoms with E-state index in [2.05, 4.69) is 51.5 Å². The third-order valence-electron chi connectivity index (χ3n) is 13.9. The first-order chi connectivity index (χ1) is 19.2. The fourth-order valence-corrected chi connectivity index (χ4v) is 11.9. The molecule has 5 aliphatic carbocycles. The molecule has 1 N–H and O–H groups in total. The van der Waals surface area contributed by atoms with Gasteiger partial charge in [-0.2, -0.15) is 0 Å². The number of carbonyl (C=O) groups is 2. The zero-order valence-corrected chi connectivity index (χ0v) is 26.4. The van der Waals surface area contributed by atoms with Crippen molar-refractivity contribution in [2.45, 2.75) is 113 Å². The van der Waals surface area contributed by atoms with Crippen molar-refractivity contribution in [3.63, 3.8) is 0 Å². The highest BCUT2D eigenvalue weighted by Crippen LogP contribution is 2.77. The van der Waals surface area contributed by atoms with E-state index in [1.165, 1.54) is 32.3 Å². The van der Waals surface area contributed by atoms with Crippen LogP contribution < -0.4 is 0 Å². The molecule has 10 atom stereocenters. The molecule has 0 aliphatic heterocycles. The molecular weight excluding hydrogens is 516 g/mol. The fourth-order valence-electron chi connectivity index (χ4n) is 11.9. The van der Waals surface area contributed by atoms with Crippen LogP contribution in [0, 0.1) is 56.7 Å². The highest BCUT2D eigenvalue weighted by atomic mass is 16.7. The molecule has 5 saturated carbocycles. The van der Waals surface area contributed by atoms with Gasteiger partial charge in [0.1, 0.15) is 6.61 Å². The summed E-state index contributed by atoms with van der Waals surface area (Å²) in [5, 5.41) is 17.8. The highest BCUT2D eigenvalue weighted by molar-refractivity contribution is 5.91. The van der Waals surface area contributed by atoms with Gasteiger partial charge in [0.05, 0.1) is 11.9 Å². The number of hydrogen-bond donors (Lipinski definition) is 1. The van der Waals surface area contributed by atoms with Crippen molar-refractivity contribution in [3.8, 4) is 0 Å². The molecular formula is C34H52N2O5. The molecule has 5 rings (SSSR count). The monoisotopic (exact) mass is 568 g/mol. The van der Waals surface area contributed by atoms with Crippen LogP contribution in [0.1, 0.15) is 113 Å². The molecule has 228 valence electrons. The molecule has 0 radical (unpaired) electrons. The van der Waals surface area contributed by atoms with E-state index in [4.69, 9.17) is 9.57 Å². The Morgan fingerprint density at radius 3 is 2.29 bits per heavy atom. The first-order valence-electron chi connectivity index (χ1n) is 15.9. The fraction of sp³-hybridized carbons (Fsp3) is 0.824. The van der Waals surface area contributed by atoms with E-state index in [-0.39, 0.29) is 40.2 Å². The van der Waals surface area contributed by atoms with Gasteiger partial charge < -0.3 is 14.8 Å². The van der Waals surface area contributed by atoms with Crippen LogP contribution in [0.4, 0.5) is 0 Å². The maximum Gasteiger partial charge on any atom is 0.331 e. The van der Waals surface area contributed by atoms with Gasteiger partial charge in [-0.1, -0.05) is 45.0 Å². The number of hydrogen-bond acceptors (Lipinski definition) is 7. The minimum absolute atomic E-state index is 0.0254. The van der Waals surface area contributed by atoms with Gasteiger partial charge in [-0.3, -0.25) is 4.79 Å². The van der Waals surface area contributed by atoms with Crippen LogP contribution in [0.5, 0.6) is 0 Å². The van der Waals surface area contributed by atoms with Crippen molar-refractivity contribution >= 4 is 23.9 Å². The Hall–Kier alpha value is -2.18. The van der Waals surface area contributed by atoms with Gasteiger partial charge in [0.2, 0.25) is 0 Å². The Morgan fingerprint density at radius 2 is 1.66 bits per heavy atom. The Bertz CT molecular complexity index is 1160. The van der Waals surface area contributed by atoms with Crippen LogP contribution in [0.15, 0.2) is 22.5 Å². The third-order valence-corrected chi connectivity index (χ3v) is 13.9. The smallest absolute Gasteiger partial charge is 0.331 e. The van der Waals surface area contributed by atoms with Gasteiger partial charge in [-0.15, -0.1) is 5.16 Å². The second-order valence-corrected chi connectivity index (χ2v) is 15.5. The van der Waals surface area contributed by atoms with Crippen LogP contribution in [0.2, 0.25) is 0 Å². The van der Waals surface area contributed by atoms with Crippen molar-refractivity contribution in [3.05, 3.63) is 12.2 Å². The molecule has 5 fully saturated rings. The average Bonchev–Trinajstić information content (AvgIpc) is 3.27. The minimum Gasteiger partial charge on any atom is -0.465 e. The Kier molecular flexibility index (Phi) is 7.55. The molecule has 41 heavy (non-hydrogen) atoms. The van der Waals surface area contributed by atoms with Crippen LogP contribution in [-0.4, -0.2) is 35.7 Å². The summed E-state index contributed by atoms with van der Waals surface area (Å²) < 4.78 is 5.70. The van der Waals surface area contributed by atoms with E-state index in [9.17, 15) is 14.8 Å². The Morgan fingerprint density at radius 1 is 0.927 bits per heavy atom. The summed E-state index contributed by atoms with van der Waals surface area (Å²) in [6.45, 7) is 19.6. The summed E-state index contributed by atoms with van der Waals surface area (Å²) in [6, 6.07) is 0. The third kappa shape index (κ3) is 4.33. The number of fused-ring (bicyclic) bond motifs is 7. The SMILES string of the molecule is C=C(C)[C@@H]1CC[C@]2(/C=N/O)CC[C@]3(C)[C@H](CC[C@@H]4[C@@]5(C)CCC(=NOC(C)=O)[C@](C)(COC(C)=O)[C@@H]5CC[C@]43C)[C@@H]12. The minimum atomic E-state index is -0.483. The molecule has 0 saturated heterocycles. The number of nitrogens with zero attached hydrogens (tertiary/aromatic N) is 2. The number of ether oxygens (including phenoxy) is 1. The molecule has 7 nitrogen and oxygen atoms in total.